The average Bonchev–Trinajstić information content (AvgIpc) is 3.21. The van der Waals surface area contributed by atoms with Crippen LogP contribution in [0.2, 0.25) is 5.02 Å². The van der Waals surface area contributed by atoms with Crippen LogP contribution in [0.1, 0.15) is 10.4 Å². The zero-order chi connectivity index (χ0) is 21.7. The second kappa shape index (κ2) is 7.33. The number of aromatic nitrogens is 2. The lowest BCUT2D eigenvalue weighted by Crippen LogP contribution is -2.14. The van der Waals surface area contributed by atoms with E-state index >= 15 is 0 Å². The minimum atomic E-state index is -0.116. The van der Waals surface area contributed by atoms with Crippen molar-refractivity contribution < 1.29 is 4.79 Å². The van der Waals surface area contributed by atoms with Crippen LogP contribution in [-0.2, 0) is 0 Å². The van der Waals surface area contributed by atoms with Crippen molar-refractivity contribution in [2.24, 2.45) is 0 Å². The summed E-state index contributed by atoms with van der Waals surface area (Å²) in [5.41, 5.74) is 2.96. The van der Waals surface area contributed by atoms with E-state index in [0.717, 1.165) is 32.6 Å². The van der Waals surface area contributed by atoms with Gasteiger partial charge in [-0.15, -0.1) is 0 Å². The first-order chi connectivity index (χ1) is 15.7. The lowest BCUT2D eigenvalue weighted by atomic mass is 10.0. The van der Waals surface area contributed by atoms with Crippen LogP contribution in [0.15, 0.2) is 103 Å². The van der Waals surface area contributed by atoms with E-state index in [1.807, 2.05) is 72.8 Å². The number of hydrogen-bond donors (Lipinski definition) is 0. The standard InChI is InChI=1S/C28H17ClN2O/c29-20-15-16-26-25(17-20)30-27(23-13-5-9-18-7-1-3-11-21(18)23)31(26)28(32)24-14-6-10-19-8-2-4-12-22(19)24/h1-17H. The highest BCUT2D eigenvalue weighted by molar-refractivity contribution is 6.31. The van der Waals surface area contributed by atoms with Crippen LogP contribution in [0.25, 0.3) is 44.0 Å². The molecule has 32 heavy (non-hydrogen) atoms. The molecule has 0 unspecified atom stereocenters. The average molecular weight is 433 g/mol. The van der Waals surface area contributed by atoms with Crippen molar-refractivity contribution >= 4 is 50.1 Å². The topological polar surface area (TPSA) is 34.9 Å². The first kappa shape index (κ1) is 18.8. The second-order valence-corrected chi connectivity index (χ2v) is 8.20. The number of hydrogen-bond acceptors (Lipinski definition) is 2. The smallest absolute Gasteiger partial charge is 0.264 e. The minimum absolute atomic E-state index is 0.116. The maximum absolute atomic E-state index is 14.0. The molecule has 0 atom stereocenters. The summed E-state index contributed by atoms with van der Waals surface area (Å²) in [6.07, 6.45) is 0. The van der Waals surface area contributed by atoms with Gasteiger partial charge in [0.05, 0.1) is 11.0 Å². The van der Waals surface area contributed by atoms with Gasteiger partial charge in [-0.3, -0.25) is 9.36 Å². The number of carbonyl (C=O) groups is 1. The van der Waals surface area contributed by atoms with Gasteiger partial charge in [-0.05, 0) is 45.8 Å². The third-order valence-corrected chi connectivity index (χ3v) is 6.11. The summed E-state index contributed by atoms with van der Waals surface area (Å²) in [4.78, 5) is 18.9. The van der Waals surface area contributed by atoms with Gasteiger partial charge < -0.3 is 0 Å². The molecule has 0 saturated heterocycles. The van der Waals surface area contributed by atoms with Crippen LogP contribution in [0, 0.1) is 0 Å². The predicted molar refractivity (Wildman–Crippen MR) is 131 cm³/mol. The zero-order valence-corrected chi connectivity index (χ0v) is 17.8. The van der Waals surface area contributed by atoms with Gasteiger partial charge in [-0.2, -0.15) is 0 Å². The molecule has 5 aromatic carbocycles. The molecule has 4 heteroatoms. The first-order valence-corrected chi connectivity index (χ1v) is 10.8. The minimum Gasteiger partial charge on any atom is -0.268 e. The summed E-state index contributed by atoms with van der Waals surface area (Å²) in [7, 11) is 0. The van der Waals surface area contributed by atoms with E-state index in [1.54, 1.807) is 16.7 Å². The highest BCUT2D eigenvalue weighted by Gasteiger charge is 2.22. The van der Waals surface area contributed by atoms with Gasteiger partial charge in [0.25, 0.3) is 5.91 Å². The Balaban J connectivity index is 1.68. The predicted octanol–water partition coefficient (Wildman–Crippen LogP) is 7.35. The molecule has 0 saturated carbocycles. The molecule has 3 nitrogen and oxygen atoms in total. The monoisotopic (exact) mass is 432 g/mol. The highest BCUT2D eigenvalue weighted by Crippen LogP contribution is 2.33. The number of rotatable bonds is 2. The Morgan fingerprint density at radius 2 is 1.38 bits per heavy atom. The van der Waals surface area contributed by atoms with E-state index in [4.69, 9.17) is 16.6 Å². The zero-order valence-electron chi connectivity index (χ0n) is 17.0. The largest absolute Gasteiger partial charge is 0.268 e. The van der Waals surface area contributed by atoms with Crippen LogP contribution in [-0.4, -0.2) is 15.5 Å². The van der Waals surface area contributed by atoms with E-state index in [-0.39, 0.29) is 5.91 Å². The normalized spacial score (nSPS) is 11.4. The number of fused-ring (bicyclic) bond motifs is 3. The number of carbonyl (C=O) groups excluding carboxylic acids is 1. The quantitative estimate of drug-likeness (QED) is 0.286. The molecule has 6 aromatic rings. The Bertz CT molecular complexity index is 1650. The van der Waals surface area contributed by atoms with Gasteiger partial charge in [-0.25, -0.2) is 4.98 Å². The Morgan fingerprint density at radius 3 is 2.19 bits per heavy atom. The van der Waals surface area contributed by atoms with Crippen molar-refractivity contribution in [3.8, 4) is 11.4 Å². The van der Waals surface area contributed by atoms with Gasteiger partial charge in [-0.1, -0.05) is 90.5 Å². The van der Waals surface area contributed by atoms with E-state index in [2.05, 4.69) is 18.2 Å². The van der Waals surface area contributed by atoms with Gasteiger partial charge in [0.2, 0.25) is 0 Å². The van der Waals surface area contributed by atoms with Crippen molar-refractivity contribution in [2.75, 3.05) is 0 Å². The summed E-state index contributed by atoms with van der Waals surface area (Å²) in [5, 5.41) is 4.67. The van der Waals surface area contributed by atoms with E-state index < -0.39 is 0 Å². The van der Waals surface area contributed by atoms with Crippen LogP contribution in [0.4, 0.5) is 0 Å². The van der Waals surface area contributed by atoms with Crippen LogP contribution >= 0.6 is 11.6 Å². The molecule has 0 aliphatic rings. The number of benzene rings is 5. The molecular weight excluding hydrogens is 416 g/mol. The molecule has 0 spiro atoms. The van der Waals surface area contributed by atoms with Gasteiger partial charge >= 0.3 is 0 Å². The molecule has 0 N–H and O–H groups in total. The number of imidazole rings is 1. The molecule has 152 valence electrons. The molecule has 0 bridgehead atoms. The Labute approximate surface area is 189 Å². The molecular formula is C28H17ClN2O. The third kappa shape index (κ3) is 2.90. The lowest BCUT2D eigenvalue weighted by molar-refractivity contribution is 0.0968. The van der Waals surface area contributed by atoms with E-state index in [0.29, 0.717) is 21.9 Å². The summed E-state index contributed by atoms with van der Waals surface area (Å²) in [6, 6.07) is 33.4. The fourth-order valence-electron chi connectivity index (χ4n) is 4.39. The first-order valence-electron chi connectivity index (χ1n) is 10.4. The summed E-state index contributed by atoms with van der Waals surface area (Å²) in [5.74, 6) is 0.492. The molecule has 1 heterocycles. The molecule has 0 aliphatic heterocycles. The van der Waals surface area contributed by atoms with Crippen molar-refractivity contribution in [3.05, 3.63) is 114 Å². The van der Waals surface area contributed by atoms with Gasteiger partial charge in [0.1, 0.15) is 5.82 Å². The SMILES string of the molecule is O=C(c1cccc2ccccc12)n1c(-c2cccc3ccccc23)nc2cc(Cl)ccc21. The molecule has 0 amide bonds. The second-order valence-electron chi connectivity index (χ2n) is 7.76. The molecule has 0 radical (unpaired) electrons. The molecule has 6 rings (SSSR count). The van der Waals surface area contributed by atoms with Crippen LogP contribution in [0.3, 0.4) is 0 Å². The Hall–Kier alpha value is -3.95. The van der Waals surface area contributed by atoms with Crippen LogP contribution < -0.4 is 0 Å². The Kier molecular flexibility index (Phi) is 4.30. The maximum Gasteiger partial charge on any atom is 0.264 e. The van der Waals surface area contributed by atoms with Crippen molar-refractivity contribution in [1.82, 2.24) is 9.55 Å². The fourth-order valence-corrected chi connectivity index (χ4v) is 4.56. The fraction of sp³-hybridized carbons (Fsp3) is 0. The molecule has 0 fully saturated rings. The van der Waals surface area contributed by atoms with Crippen molar-refractivity contribution in [2.45, 2.75) is 0 Å². The van der Waals surface area contributed by atoms with Gasteiger partial charge in [0.15, 0.2) is 0 Å². The number of halogens is 1. The lowest BCUT2D eigenvalue weighted by Gasteiger charge is -2.12. The van der Waals surface area contributed by atoms with Gasteiger partial charge in [0, 0.05) is 16.1 Å². The third-order valence-electron chi connectivity index (χ3n) is 5.87. The van der Waals surface area contributed by atoms with Crippen LogP contribution in [0.5, 0.6) is 0 Å². The molecule has 0 aliphatic carbocycles. The van der Waals surface area contributed by atoms with E-state index in [1.165, 1.54) is 0 Å². The van der Waals surface area contributed by atoms with Crippen molar-refractivity contribution in [3.63, 3.8) is 0 Å². The number of nitrogens with zero attached hydrogens (tertiary/aromatic N) is 2. The highest BCUT2D eigenvalue weighted by atomic mass is 35.5. The van der Waals surface area contributed by atoms with E-state index in [9.17, 15) is 4.79 Å². The summed E-state index contributed by atoms with van der Waals surface area (Å²) < 4.78 is 1.72. The summed E-state index contributed by atoms with van der Waals surface area (Å²) >= 11 is 6.26. The Morgan fingerprint density at radius 1 is 0.719 bits per heavy atom. The van der Waals surface area contributed by atoms with Crippen molar-refractivity contribution in [1.29, 1.82) is 0 Å². The summed E-state index contributed by atoms with van der Waals surface area (Å²) in [6.45, 7) is 0. The molecule has 1 aromatic heterocycles. The maximum atomic E-state index is 14.0.